The van der Waals surface area contributed by atoms with Crippen molar-refractivity contribution < 1.29 is 4.79 Å². The fraction of sp³-hybridized carbons (Fsp3) is 0.350. The maximum Gasteiger partial charge on any atom is 0.238 e. The van der Waals surface area contributed by atoms with E-state index < -0.39 is 0 Å². The molecule has 0 radical (unpaired) electrons. The van der Waals surface area contributed by atoms with Crippen molar-refractivity contribution in [3.8, 4) is 0 Å². The first-order valence-corrected chi connectivity index (χ1v) is 9.05. The number of likely N-dealkylation sites (N-methyl/N-ethyl adjacent to an activating group) is 1. The second-order valence-corrected chi connectivity index (χ2v) is 7.49. The second kappa shape index (κ2) is 8.70. The van der Waals surface area contributed by atoms with E-state index in [4.69, 9.17) is 23.2 Å². The van der Waals surface area contributed by atoms with Crippen LogP contribution in [-0.2, 0) is 11.3 Å². The van der Waals surface area contributed by atoms with Gasteiger partial charge in [0.2, 0.25) is 5.91 Å². The molecule has 0 heterocycles. The highest BCUT2D eigenvalue weighted by molar-refractivity contribution is 6.35. The average Bonchev–Trinajstić information content (AvgIpc) is 2.51. The molecule has 1 N–H and O–H groups in total. The van der Waals surface area contributed by atoms with Crippen LogP contribution in [0.3, 0.4) is 0 Å². The molecule has 0 aliphatic rings. The Morgan fingerprint density at radius 1 is 1.20 bits per heavy atom. The van der Waals surface area contributed by atoms with Crippen LogP contribution in [0.4, 0.5) is 5.69 Å². The molecule has 2 rings (SSSR count). The van der Waals surface area contributed by atoms with Crippen molar-refractivity contribution in [2.45, 2.75) is 33.2 Å². The zero-order valence-corrected chi connectivity index (χ0v) is 16.6. The number of carbonyl (C=O) groups is 1. The monoisotopic (exact) mass is 378 g/mol. The van der Waals surface area contributed by atoms with E-state index in [0.717, 1.165) is 22.4 Å². The lowest BCUT2D eigenvalue weighted by atomic mass is 9.98. The Hall–Kier alpha value is -1.55. The second-order valence-electron chi connectivity index (χ2n) is 6.65. The first kappa shape index (κ1) is 19.8. The van der Waals surface area contributed by atoms with Crippen LogP contribution in [-0.4, -0.2) is 24.4 Å². The maximum atomic E-state index is 12.5. The largest absolute Gasteiger partial charge is 0.324 e. The predicted octanol–water partition coefficient (Wildman–Crippen LogP) is 5.50. The van der Waals surface area contributed by atoms with Crippen molar-refractivity contribution in [1.82, 2.24) is 4.90 Å². The third-order valence-electron chi connectivity index (χ3n) is 4.06. The van der Waals surface area contributed by atoms with Gasteiger partial charge in [0.05, 0.1) is 6.54 Å². The number of nitrogens with zero attached hydrogens (tertiary/aromatic N) is 1. The van der Waals surface area contributed by atoms with Gasteiger partial charge in [-0.05, 0) is 48.7 Å². The Morgan fingerprint density at radius 2 is 1.92 bits per heavy atom. The molecule has 0 aromatic heterocycles. The summed E-state index contributed by atoms with van der Waals surface area (Å²) in [6.45, 7) is 7.12. The van der Waals surface area contributed by atoms with Crippen LogP contribution in [0.5, 0.6) is 0 Å². The third-order valence-corrected chi connectivity index (χ3v) is 4.65. The number of rotatable bonds is 6. The number of nitrogens with one attached hydrogen (secondary N) is 1. The molecule has 0 spiro atoms. The standard InChI is InChI=1S/C20H24Cl2N2O/c1-13(2)17-7-5-6-14(3)20(17)23-19(25)12-24(4)11-15-8-9-16(21)10-18(15)22/h5-10,13H,11-12H2,1-4H3,(H,23,25). The number of carbonyl (C=O) groups excluding carboxylic acids is 1. The molecule has 25 heavy (non-hydrogen) atoms. The number of benzene rings is 2. The lowest BCUT2D eigenvalue weighted by Crippen LogP contribution is -2.30. The van der Waals surface area contributed by atoms with Crippen LogP contribution in [0, 0.1) is 6.92 Å². The molecule has 0 bridgehead atoms. The van der Waals surface area contributed by atoms with E-state index in [-0.39, 0.29) is 12.5 Å². The summed E-state index contributed by atoms with van der Waals surface area (Å²) in [5, 5.41) is 4.28. The summed E-state index contributed by atoms with van der Waals surface area (Å²) >= 11 is 12.1. The van der Waals surface area contributed by atoms with Gasteiger partial charge in [-0.15, -0.1) is 0 Å². The summed E-state index contributed by atoms with van der Waals surface area (Å²) in [5.74, 6) is 0.310. The minimum Gasteiger partial charge on any atom is -0.324 e. The van der Waals surface area contributed by atoms with Gasteiger partial charge >= 0.3 is 0 Å². The quantitative estimate of drug-likeness (QED) is 0.719. The minimum absolute atomic E-state index is 0.0382. The molecule has 0 atom stereocenters. The molecule has 0 fully saturated rings. The molecule has 0 saturated carbocycles. The topological polar surface area (TPSA) is 32.3 Å². The highest BCUT2D eigenvalue weighted by Crippen LogP contribution is 2.27. The van der Waals surface area contributed by atoms with Gasteiger partial charge in [0, 0.05) is 22.3 Å². The number of anilines is 1. The molecule has 0 saturated heterocycles. The van der Waals surface area contributed by atoms with Gasteiger partial charge in [-0.1, -0.05) is 61.3 Å². The van der Waals surface area contributed by atoms with E-state index in [1.165, 1.54) is 0 Å². The maximum absolute atomic E-state index is 12.5. The van der Waals surface area contributed by atoms with Gasteiger partial charge < -0.3 is 5.32 Å². The highest BCUT2D eigenvalue weighted by atomic mass is 35.5. The Morgan fingerprint density at radius 3 is 2.56 bits per heavy atom. The van der Waals surface area contributed by atoms with Crippen LogP contribution in [0.25, 0.3) is 0 Å². The van der Waals surface area contributed by atoms with E-state index >= 15 is 0 Å². The number of aryl methyl sites for hydroxylation is 1. The van der Waals surface area contributed by atoms with E-state index in [1.54, 1.807) is 12.1 Å². The number of halogens is 2. The normalized spacial score (nSPS) is 11.2. The van der Waals surface area contributed by atoms with E-state index in [9.17, 15) is 4.79 Å². The Bertz CT molecular complexity index is 759. The van der Waals surface area contributed by atoms with Gasteiger partial charge in [0.1, 0.15) is 0 Å². The lowest BCUT2D eigenvalue weighted by molar-refractivity contribution is -0.117. The summed E-state index contributed by atoms with van der Waals surface area (Å²) in [6, 6.07) is 11.5. The highest BCUT2D eigenvalue weighted by Gasteiger charge is 2.14. The molecule has 134 valence electrons. The van der Waals surface area contributed by atoms with Crippen molar-refractivity contribution >= 4 is 34.8 Å². The molecule has 3 nitrogen and oxygen atoms in total. The van der Waals surface area contributed by atoms with Gasteiger partial charge in [0.25, 0.3) is 0 Å². The van der Waals surface area contributed by atoms with Gasteiger partial charge in [-0.3, -0.25) is 9.69 Å². The molecule has 1 amide bonds. The summed E-state index contributed by atoms with van der Waals surface area (Å²) in [7, 11) is 1.89. The molecule has 0 unspecified atom stereocenters. The Kier molecular flexibility index (Phi) is 6.88. The van der Waals surface area contributed by atoms with E-state index in [1.807, 2.05) is 37.1 Å². The van der Waals surface area contributed by atoms with Crippen LogP contribution in [0.2, 0.25) is 10.0 Å². The molecule has 2 aromatic carbocycles. The number of amides is 1. The summed E-state index contributed by atoms with van der Waals surface area (Å²) in [4.78, 5) is 14.4. The SMILES string of the molecule is Cc1cccc(C(C)C)c1NC(=O)CN(C)Cc1ccc(Cl)cc1Cl. The fourth-order valence-electron chi connectivity index (χ4n) is 2.76. The molecule has 0 aliphatic heterocycles. The molecule has 5 heteroatoms. The lowest BCUT2D eigenvalue weighted by Gasteiger charge is -2.20. The van der Waals surface area contributed by atoms with Gasteiger partial charge in [-0.25, -0.2) is 0 Å². The summed E-state index contributed by atoms with van der Waals surface area (Å²) in [5.41, 5.74) is 4.08. The first-order chi connectivity index (χ1) is 11.8. The Balaban J connectivity index is 2.03. The van der Waals surface area contributed by atoms with Crippen LogP contribution < -0.4 is 5.32 Å². The van der Waals surface area contributed by atoms with Gasteiger partial charge in [-0.2, -0.15) is 0 Å². The zero-order chi connectivity index (χ0) is 18.6. The van der Waals surface area contributed by atoms with Crippen molar-refractivity contribution in [3.05, 3.63) is 63.1 Å². The van der Waals surface area contributed by atoms with E-state index in [0.29, 0.717) is 22.5 Å². The Labute approximate surface area is 159 Å². The molecular formula is C20H24Cl2N2O. The first-order valence-electron chi connectivity index (χ1n) is 8.29. The van der Waals surface area contributed by atoms with Crippen LogP contribution >= 0.6 is 23.2 Å². The van der Waals surface area contributed by atoms with Crippen LogP contribution in [0.15, 0.2) is 36.4 Å². The number of para-hydroxylation sites is 1. The van der Waals surface area contributed by atoms with Crippen LogP contribution in [0.1, 0.15) is 36.5 Å². The third kappa shape index (κ3) is 5.46. The van der Waals surface area contributed by atoms with E-state index in [2.05, 4.69) is 25.2 Å². The smallest absolute Gasteiger partial charge is 0.238 e. The fourth-order valence-corrected chi connectivity index (χ4v) is 3.23. The number of hydrogen-bond acceptors (Lipinski definition) is 2. The molecule has 0 aliphatic carbocycles. The van der Waals surface area contributed by atoms with Crippen molar-refractivity contribution in [2.24, 2.45) is 0 Å². The molecule has 2 aromatic rings. The molecular weight excluding hydrogens is 355 g/mol. The predicted molar refractivity (Wildman–Crippen MR) is 107 cm³/mol. The van der Waals surface area contributed by atoms with Crippen molar-refractivity contribution in [2.75, 3.05) is 18.9 Å². The van der Waals surface area contributed by atoms with Crippen molar-refractivity contribution in [3.63, 3.8) is 0 Å². The minimum atomic E-state index is -0.0382. The zero-order valence-electron chi connectivity index (χ0n) is 15.1. The number of hydrogen-bond donors (Lipinski definition) is 1. The van der Waals surface area contributed by atoms with Crippen molar-refractivity contribution in [1.29, 1.82) is 0 Å². The summed E-state index contributed by atoms with van der Waals surface area (Å²) in [6.07, 6.45) is 0. The van der Waals surface area contributed by atoms with Gasteiger partial charge in [0.15, 0.2) is 0 Å². The average molecular weight is 379 g/mol. The summed E-state index contributed by atoms with van der Waals surface area (Å²) < 4.78 is 0.